The van der Waals surface area contributed by atoms with E-state index in [-0.39, 0.29) is 11.6 Å². The summed E-state index contributed by atoms with van der Waals surface area (Å²) in [5, 5.41) is 2.63. The van der Waals surface area contributed by atoms with E-state index in [2.05, 4.69) is 15.3 Å². The first-order valence-electron chi connectivity index (χ1n) is 4.15. The fourth-order valence-corrected chi connectivity index (χ4v) is 1.31. The maximum Gasteiger partial charge on any atom is 0.323 e. The molecule has 0 aliphatic heterocycles. The first kappa shape index (κ1) is 8.55. The van der Waals surface area contributed by atoms with Gasteiger partial charge < -0.3 is 15.3 Å². The molecule has 2 rings (SSSR count). The average Bonchev–Trinajstić information content (AvgIpc) is 2.42. The van der Waals surface area contributed by atoms with Crippen LogP contribution < -0.4 is 11.0 Å². The highest BCUT2D eigenvalue weighted by Crippen LogP contribution is 2.13. The van der Waals surface area contributed by atoms with Crippen LogP contribution in [0.3, 0.4) is 0 Å². The molecule has 0 fully saturated rings. The van der Waals surface area contributed by atoms with Crippen LogP contribution in [0.25, 0.3) is 11.0 Å². The van der Waals surface area contributed by atoms with Gasteiger partial charge in [0.25, 0.3) is 0 Å². The first-order valence-corrected chi connectivity index (χ1v) is 4.15. The Kier molecular flexibility index (Phi) is 1.85. The number of hydrogen-bond donors (Lipinski definition) is 3. The topological polar surface area (TPSA) is 77.8 Å². The van der Waals surface area contributed by atoms with Crippen LogP contribution >= 0.6 is 0 Å². The van der Waals surface area contributed by atoms with Gasteiger partial charge in [-0.3, -0.25) is 4.79 Å². The molecule has 72 valence electrons. The van der Waals surface area contributed by atoms with E-state index < -0.39 is 0 Å². The molecule has 0 saturated carbocycles. The molecule has 0 unspecified atom stereocenters. The number of aromatic nitrogens is 2. The number of H-pyrrole nitrogens is 2. The van der Waals surface area contributed by atoms with Gasteiger partial charge in [-0.05, 0) is 18.2 Å². The lowest BCUT2D eigenvalue weighted by Gasteiger charge is -2.00. The predicted octanol–water partition coefficient (Wildman–Crippen LogP) is 0.815. The molecule has 5 nitrogen and oxygen atoms in total. The Morgan fingerprint density at radius 1 is 1.29 bits per heavy atom. The van der Waals surface area contributed by atoms with Gasteiger partial charge in [-0.15, -0.1) is 0 Å². The lowest BCUT2D eigenvalue weighted by molar-refractivity contribution is -0.114. The van der Waals surface area contributed by atoms with Gasteiger partial charge in [-0.2, -0.15) is 0 Å². The summed E-state index contributed by atoms with van der Waals surface area (Å²) >= 11 is 0. The van der Waals surface area contributed by atoms with Crippen molar-refractivity contribution in [2.75, 3.05) is 5.32 Å². The van der Waals surface area contributed by atoms with Gasteiger partial charge in [0.05, 0.1) is 11.0 Å². The Morgan fingerprint density at radius 3 is 2.71 bits per heavy atom. The van der Waals surface area contributed by atoms with Crippen molar-refractivity contribution in [1.82, 2.24) is 9.97 Å². The minimum atomic E-state index is -0.250. The van der Waals surface area contributed by atoms with Crippen molar-refractivity contribution in [3.8, 4) is 0 Å². The van der Waals surface area contributed by atoms with E-state index in [0.717, 1.165) is 5.52 Å². The Bertz CT molecular complexity index is 538. The fraction of sp³-hybridized carbons (Fsp3) is 0.111. The molecule has 0 bridgehead atoms. The Morgan fingerprint density at radius 2 is 2.00 bits per heavy atom. The van der Waals surface area contributed by atoms with E-state index in [1.54, 1.807) is 18.2 Å². The second-order valence-corrected chi connectivity index (χ2v) is 3.02. The van der Waals surface area contributed by atoms with Crippen molar-refractivity contribution >= 4 is 22.6 Å². The molecule has 1 amide bonds. The molecule has 5 heteroatoms. The van der Waals surface area contributed by atoms with Crippen molar-refractivity contribution in [1.29, 1.82) is 0 Å². The van der Waals surface area contributed by atoms with E-state index in [1.165, 1.54) is 6.92 Å². The highest BCUT2D eigenvalue weighted by molar-refractivity contribution is 5.91. The van der Waals surface area contributed by atoms with E-state index >= 15 is 0 Å². The van der Waals surface area contributed by atoms with E-state index in [0.29, 0.717) is 11.2 Å². The number of imidazole rings is 1. The second kappa shape index (κ2) is 3.02. The van der Waals surface area contributed by atoms with Crippen LogP contribution in [0.4, 0.5) is 5.69 Å². The van der Waals surface area contributed by atoms with E-state index in [1.807, 2.05) is 0 Å². The number of aromatic amines is 2. The number of amides is 1. The largest absolute Gasteiger partial charge is 0.326 e. The van der Waals surface area contributed by atoms with Gasteiger partial charge in [-0.1, -0.05) is 0 Å². The fourth-order valence-electron chi connectivity index (χ4n) is 1.31. The van der Waals surface area contributed by atoms with Gasteiger partial charge in [0, 0.05) is 12.6 Å². The Hall–Kier alpha value is -2.04. The average molecular weight is 191 g/mol. The van der Waals surface area contributed by atoms with Crippen LogP contribution in [0.2, 0.25) is 0 Å². The van der Waals surface area contributed by atoms with Gasteiger partial charge in [0.2, 0.25) is 5.91 Å². The van der Waals surface area contributed by atoms with Crippen LogP contribution in [0.15, 0.2) is 23.0 Å². The van der Waals surface area contributed by atoms with Gasteiger partial charge in [-0.25, -0.2) is 4.79 Å². The number of carbonyl (C=O) groups is 1. The number of carbonyl (C=O) groups excluding carboxylic acids is 1. The molecule has 1 aromatic heterocycles. The van der Waals surface area contributed by atoms with Crippen molar-refractivity contribution in [3.63, 3.8) is 0 Å². The molecule has 0 saturated heterocycles. The number of nitrogens with one attached hydrogen (secondary N) is 3. The van der Waals surface area contributed by atoms with Crippen LogP contribution in [0.5, 0.6) is 0 Å². The molecule has 1 aromatic carbocycles. The summed E-state index contributed by atoms with van der Waals surface area (Å²) in [4.78, 5) is 26.9. The normalized spacial score (nSPS) is 10.4. The zero-order valence-electron chi connectivity index (χ0n) is 7.55. The molecule has 1 heterocycles. The Balaban J connectivity index is 2.50. The molecular formula is C9H9N3O2. The summed E-state index contributed by atoms with van der Waals surface area (Å²) in [5.41, 5.74) is 1.82. The maximum atomic E-state index is 10.9. The third-order valence-electron chi connectivity index (χ3n) is 1.84. The molecule has 0 atom stereocenters. The van der Waals surface area contributed by atoms with E-state index in [9.17, 15) is 9.59 Å². The van der Waals surface area contributed by atoms with Crippen LogP contribution in [-0.4, -0.2) is 15.9 Å². The summed E-state index contributed by atoms with van der Waals surface area (Å²) in [6, 6.07) is 5.17. The van der Waals surface area contributed by atoms with E-state index in [4.69, 9.17) is 0 Å². The summed E-state index contributed by atoms with van der Waals surface area (Å²) in [6.45, 7) is 1.43. The molecule has 14 heavy (non-hydrogen) atoms. The lowest BCUT2D eigenvalue weighted by Crippen LogP contribution is -2.05. The zero-order chi connectivity index (χ0) is 10.1. The van der Waals surface area contributed by atoms with Gasteiger partial charge >= 0.3 is 5.69 Å². The smallest absolute Gasteiger partial charge is 0.323 e. The number of anilines is 1. The van der Waals surface area contributed by atoms with Gasteiger partial charge in [0.15, 0.2) is 0 Å². The van der Waals surface area contributed by atoms with Crippen molar-refractivity contribution < 1.29 is 4.79 Å². The van der Waals surface area contributed by atoms with Gasteiger partial charge in [0.1, 0.15) is 0 Å². The maximum absolute atomic E-state index is 10.9. The first-order chi connectivity index (χ1) is 6.65. The Labute approximate surface area is 79.1 Å². The van der Waals surface area contributed by atoms with Crippen LogP contribution in [0, 0.1) is 0 Å². The molecule has 0 spiro atoms. The molecular weight excluding hydrogens is 182 g/mol. The third kappa shape index (κ3) is 1.52. The summed E-state index contributed by atoms with van der Waals surface area (Å²) in [6.07, 6.45) is 0. The minimum Gasteiger partial charge on any atom is -0.326 e. The molecule has 3 N–H and O–H groups in total. The zero-order valence-corrected chi connectivity index (χ0v) is 7.55. The summed E-state index contributed by atoms with van der Waals surface area (Å²) in [5.74, 6) is -0.137. The monoisotopic (exact) mass is 191 g/mol. The summed E-state index contributed by atoms with van der Waals surface area (Å²) in [7, 11) is 0. The summed E-state index contributed by atoms with van der Waals surface area (Å²) < 4.78 is 0. The SMILES string of the molecule is CC(=O)Nc1ccc2[nH]c(=O)[nH]c2c1. The molecule has 0 aliphatic carbocycles. The lowest BCUT2D eigenvalue weighted by atomic mass is 10.3. The number of rotatable bonds is 1. The second-order valence-electron chi connectivity index (χ2n) is 3.02. The number of fused-ring (bicyclic) bond motifs is 1. The highest BCUT2D eigenvalue weighted by atomic mass is 16.1. The van der Waals surface area contributed by atoms with Crippen LogP contribution in [-0.2, 0) is 4.79 Å². The van der Waals surface area contributed by atoms with Crippen molar-refractivity contribution in [2.45, 2.75) is 6.92 Å². The standard InChI is InChI=1S/C9H9N3O2/c1-5(13)10-6-2-3-7-8(4-6)12-9(14)11-7/h2-4H,1H3,(H,10,13)(H2,11,12,14). The predicted molar refractivity (Wildman–Crippen MR) is 53.2 cm³/mol. The minimum absolute atomic E-state index is 0.137. The molecule has 0 radical (unpaired) electrons. The van der Waals surface area contributed by atoms with Crippen molar-refractivity contribution in [3.05, 3.63) is 28.7 Å². The quantitative estimate of drug-likeness (QED) is 0.623. The highest BCUT2D eigenvalue weighted by Gasteiger charge is 2.00. The number of benzene rings is 1. The third-order valence-corrected chi connectivity index (χ3v) is 1.84. The van der Waals surface area contributed by atoms with Crippen molar-refractivity contribution in [2.24, 2.45) is 0 Å². The van der Waals surface area contributed by atoms with Crippen LogP contribution in [0.1, 0.15) is 6.92 Å². The number of hydrogen-bond acceptors (Lipinski definition) is 2. The molecule has 0 aliphatic rings. The molecule has 2 aromatic rings.